The molecule has 0 unspecified atom stereocenters. The zero-order chi connectivity index (χ0) is 23.7. The van der Waals surface area contributed by atoms with Crippen LogP contribution in [-0.4, -0.2) is 99.3 Å². The summed E-state index contributed by atoms with van der Waals surface area (Å²) in [7, 11) is 1.54. The van der Waals surface area contributed by atoms with Crippen molar-refractivity contribution in [1.82, 2.24) is 30.1 Å². The van der Waals surface area contributed by atoms with Crippen LogP contribution in [0.3, 0.4) is 0 Å². The van der Waals surface area contributed by atoms with Crippen molar-refractivity contribution in [1.29, 1.82) is 0 Å². The van der Waals surface area contributed by atoms with Gasteiger partial charge in [-0.3, -0.25) is 14.5 Å². The molecule has 0 bridgehead atoms. The highest BCUT2D eigenvalue weighted by molar-refractivity contribution is 5.90. The van der Waals surface area contributed by atoms with Crippen molar-refractivity contribution >= 4 is 11.8 Å². The summed E-state index contributed by atoms with van der Waals surface area (Å²) in [6, 6.07) is -1.32. The smallest absolute Gasteiger partial charge is 0.248 e. The van der Waals surface area contributed by atoms with Gasteiger partial charge in [0.25, 0.3) is 0 Å². The van der Waals surface area contributed by atoms with E-state index >= 15 is 0 Å². The maximum atomic E-state index is 13.6. The molecule has 2 aliphatic heterocycles. The first kappa shape index (κ1) is 24.6. The van der Waals surface area contributed by atoms with Crippen LogP contribution in [0.2, 0.25) is 0 Å². The van der Waals surface area contributed by atoms with Crippen LogP contribution in [0.4, 0.5) is 0 Å². The van der Waals surface area contributed by atoms with Gasteiger partial charge in [0.1, 0.15) is 12.1 Å². The molecule has 2 aliphatic rings. The molecule has 3 rings (SSSR count). The highest BCUT2D eigenvalue weighted by atomic mass is 16.5. The number of morpholine rings is 1. The Labute approximate surface area is 190 Å². The van der Waals surface area contributed by atoms with Gasteiger partial charge < -0.3 is 20.1 Å². The summed E-state index contributed by atoms with van der Waals surface area (Å²) < 4.78 is 7.39. The van der Waals surface area contributed by atoms with Crippen LogP contribution in [0.15, 0.2) is 6.20 Å². The number of hydrogen-bond acceptors (Lipinski definition) is 7. The summed E-state index contributed by atoms with van der Waals surface area (Å²) in [6.45, 7) is 13.5. The Hall–Kier alpha value is -2.04. The second-order valence-electron chi connectivity index (χ2n) is 10.6. The SMILES string of the molecule is CNC(=O)[C@@H]1C[C@@H](O)CN1C(=O)[C@@H](n1cc(CCN2CCOC(C)(C)C2)nn1)C(C)(C)C. The number of hydrogen-bond donors (Lipinski definition) is 2. The third-order valence-corrected chi connectivity index (χ3v) is 6.18. The van der Waals surface area contributed by atoms with Gasteiger partial charge in [0.05, 0.1) is 24.0 Å². The van der Waals surface area contributed by atoms with Crippen molar-refractivity contribution in [2.45, 2.75) is 71.2 Å². The lowest BCUT2D eigenvalue weighted by Crippen LogP contribution is -2.49. The van der Waals surface area contributed by atoms with Crippen LogP contribution in [0.25, 0.3) is 0 Å². The summed E-state index contributed by atoms with van der Waals surface area (Å²) in [5.41, 5.74) is 0.207. The highest BCUT2D eigenvalue weighted by Crippen LogP contribution is 2.34. The van der Waals surface area contributed by atoms with E-state index in [0.717, 1.165) is 31.7 Å². The van der Waals surface area contributed by atoms with E-state index in [4.69, 9.17) is 4.74 Å². The Morgan fingerprint density at radius 2 is 2.09 bits per heavy atom. The minimum absolute atomic E-state index is 0.137. The Morgan fingerprint density at radius 3 is 2.72 bits per heavy atom. The first-order valence-electron chi connectivity index (χ1n) is 11.4. The zero-order valence-electron chi connectivity index (χ0n) is 20.2. The number of nitrogens with one attached hydrogen (secondary N) is 1. The van der Waals surface area contributed by atoms with E-state index in [1.807, 2.05) is 27.0 Å². The second kappa shape index (κ2) is 9.44. The van der Waals surface area contributed by atoms with Crippen LogP contribution in [0.5, 0.6) is 0 Å². The summed E-state index contributed by atoms with van der Waals surface area (Å²) in [4.78, 5) is 29.7. The summed E-state index contributed by atoms with van der Waals surface area (Å²) in [5.74, 6) is -0.496. The standard InChI is InChI=1S/C22H38N6O4/c1-21(2,3)18(20(31)27-13-16(29)11-17(27)19(30)23-6)28-12-15(24-25-28)7-8-26-9-10-32-22(4,5)14-26/h12,16-18,29H,7-11,13-14H2,1-6H3,(H,23,30)/t16-,17+,18-/m1/s1. The van der Waals surface area contributed by atoms with Crippen molar-refractivity contribution in [2.24, 2.45) is 5.41 Å². The molecule has 2 N–H and O–H groups in total. The van der Waals surface area contributed by atoms with E-state index in [1.165, 1.54) is 11.9 Å². The topological polar surface area (TPSA) is 113 Å². The first-order valence-corrected chi connectivity index (χ1v) is 11.4. The minimum Gasteiger partial charge on any atom is -0.391 e. The largest absolute Gasteiger partial charge is 0.391 e. The van der Waals surface area contributed by atoms with E-state index in [9.17, 15) is 14.7 Å². The Balaban J connectivity index is 1.74. The summed E-state index contributed by atoms with van der Waals surface area (Å²) in [6.07, 6.45) is 2.08. The van der Waals surface area contributed by atoms with Gasteiger partial charge in [-0.2, -0.15) is 0 Å². The van der Waals surface area contributed by atoms with Crippen molar-refractivity contribution in [3.63, 3.8) is 0 Å². The first-order chi connectivity index (χ1) is 14.9. The van der Waals surface area contributed by atoms with Gasteiger partial charge in [0, 0.05) is 52.3 Å². The van der Waals surface area contributed by atoms with Crippen LogP contribution < -0.4 is 5.32 Å². The van der Waals surface area contributed by atoms with Crippen LogP contribution in [0.1, 0.15) is 52.8 Å². The van der Waals surface area contributed by atoms with Crippen molar-refractivity contribution in [3.05, 3.63) is 11.9 Å². The fourth-order valence-electron chi connectivity index (χ4n) is 4.64. The molecule has 2 fully saturated rings. The molecule has 2 saturated heterocycles. The molecule has 10 heteroatoms. The fraction of sp³-hybridized carbons (Fsp3) is 0.818. The maximum Gasteiger partial charge on any atom is 0.248 e. The lowest BCUT2D eigenvalue weighted by atomic mass is 9.85. The Morgan fingerprint density at radius 1 is 1.38 bits per heavy atom. The molecule has 2 amide bonds. The molecule has 3 atom stereocenters. The molecule has 32 heavy (non-hydrogen) atoms. The maximum absolute atomic E-state index is 13.6. The van der Waals surface area contributed by atoms with Gasteiger partial charge in [-0.25, -0.2) is 4.68 Å². The zero-order valence-corrected chi connectivity index (χ0v) is 20.2. The molecule has 1 aromatic heterocycles. The van der Waals surface area contributed by atoms with Gasteiger partial charge in [0.15, 0.2) is 0 Å². The van der Waals surface area contributed by atoms with Gasteiger partial charge in [-0.1, -0.05) is 26.0 Å². The number of likely N-dealkylation sites (tertiary alicyclic amines) is 1. The number of amides is 2. The molecule has 10 nitrogen and oxygen atoms in total. The van der Waals surface area contributed by atoms with Crippen LogP contribution in [0, 0.1) is 5.41 Å². The van der Waals surface area contributed by atoms with E-state index < -0.39 is 23.6 Å². The van der Waals surface area contributed by atoms with Gasteiger partial charge in [0.2, 0.25) is 11.8 Å². The number of rotatable bonds is 6. The number of aliphatic hydroxyl groups is 1. The number of ether oxygens (including phenoxy) is 1. The van der Waals surface area contributed by atoms with Gasteiger partial charge in [-0.15, -0.1) is 5.10 Å². The van der Waals surface area contributed by atoms with Crippen molar-refractivity contribution in [3.8, 4) is 0 Å². The van der Waals surface area contributed by atoms with Crippen LogP contribution >= 0.6 is 0 Å². The molecule has 0 aromatic carbocycles. The molecule has 180 valence electrons. The number of likely N-dealkylation sites (N-methyl/N-ethyl adjacent to an activating group) is 1. The second-order valence-corrected chi connectivity index (χ2v) is 10.6. The summed E-state index contributed by atoms with van der Waals surface area (Å²) in [5, 5.41) is 21.3. The van der Waals surface area contributed by atoms with Crippen molar-refractivity contribution < 1.29 is 19.4 Å². The average molecular weight is 451 g/mol. The molecule has 0 saturated carbocycles. The van der Waals surface area contributed by atoms with E-state index in [2.05, 4.69) is 34.4 Å². The molecule has 0 aliphatic carbocycles. The lowest BCUT2D eigenvalue weighted by molar-refractivity contribution is -0.144. The quantitative estimate of drug-likeness (QED) is 0.638. The fourth-order valence-corrected chi connectivity index (χ4v) is 4.64. The predicted molar refractivity (Wildman–Crippen MR) is 119 cm³/mol. The molecule has 1 aromatic rings. The van der Waals surface area contributed by atoms with E-state index in [1.54, 1.807) is 4.68 Å². The highest BCUT2D eigenvalue weighted by Gasteiger charge is 2.45. The molecule has 0 radical (unpaired) electrons. The Kier molecular flexibility index (Phi) is 7.26. The molecular weight excluding hydrogens is 412 g/mol. The third-order valence-electron chi connectivity index (χ3n) is 6.18. The minimum atomic E-state index is -0.717. The predicted octanol–water partition coefficient (Wildman–Crippen LogP) is 0.226. The van der Waals surface area contributed by atoms with Crippen LogP contribution in [-0.2, 0) is 20.7 Å². The molecule has 0 spiro atoms. The molecule has 3 heterocycles. The van der Waals surface area contributed by atoms with Gasteiger partial charge in [-0.05, 0) is 19.3 Å². The average Bonchev–Trinajstić information content (AvgIpc) is 3.30. The number of β-amino-alcohol motifs (C(OH)–C–C–N with tert-alkyl or cyclic N) is 1. The van der Waals surface area contributed by atoms with E-state index in [0.29, 0.717) is 6.61 Å². The number of carbonyl (C=O) groups excluding carboxylic acids is 2. The summed E-state index contributed by atoms with van der Waals surface area (Å²) >= 11 is 0. The third kappa shape index (κ3) is 5.65. The normalized spacial score (nSPS) is 25.0. The monoisotopic (exact) mass is 450 g/mol. The van der Waals surface area contributed by atoms with Gasteiger partial charge >= 0.3 is 0 Å². The number of nitrogens with zero attached hydrogens (tertiary/aromatic N) is 5. The Bertz CT molecular complexity index is 818. The van der Waals surface area contributed by atoms with Crippen molar-refractivity contribution in [2.75, 3.05) is 39.8 Å². The molecular formula is C22H38N6O4. The number of aliphatic hydroxyl groups excluding tert-OH is 1. The number of carbonyl (C=O) groups is 2. The van der Waals surface area contributed by atoms with E-state index in [-0.39, 0.29) is 30.4 Å². The number of aromatic nitrogens is 3. The lowest BCUT2D eigenvalue weighted by Gasteiger charge is -2.38.